The van der Waals surface area contributed by atoms with Gasteiger partial charge in [-0.15, -0.1) is 0 Å². The predicted octanol–water partition coefficient (Wildman–Crippen LogP) is 2.73. The molecule has 0 spiro atoms. The first-order chi connectivity index (χ1) is 6.93. The van der Waals surface area contributed by atoms with Crippen molar-refractivity contribution in [2.24, 2.45) is 0 Å². The van der Waals surface area contributed by atoms with Crippen molar-refractivity contribution in [3.63, 3.8) is 0 Å². The highest BCUT2D eigenvalue weighted by atomic mass is 16.6. The summed E-state index contributed by atoms with van der Waals surface area (Å²) in [6, 6.07) is 0. The third-order valence-electron chi connectivity index (χ3n) is 2.73. The summed E-state index contributed by atoms with van der Waals surface area (Å²) in [7, 11) is 0. The van der Waals surface area contributed by atoms with E-state index in [0.717, 1.165) is 13.2 Å². The average molecular weight is 199 g/mol. The quantitative estimate of drug-likeness (QED) is 0.432. The summed E-state index contributed by atoms with van der Waals surface area (Å²) in [5.41, 5.74) is 0. The summed E-state index contributed by atoms with van der Waals surface area (Å²) < 4.78 is 5.12. The number of ether oxygens (including phenoxy) is 1. The second kappa shape index (κ2) is 8.25. The standard InChI is InChI=1S/C12H25NO/c1-2-3-4-5-6-7-8-9-13-10-12-11-14-12/h12-13H,2-11H2,1H3. The molecule has 1 atom stereocenters. The second-order valence-corrected chi connectivity index (χ2v) is 4.28. The molecule has 1 saturated heterocycles. The van der Waals surface area contributed by atoms with Crippen molar-refractivity contribution in [1.82, 2.24) is 5.32 Å². The van der Waals surface area contributed by atoms with Gasteiger partial charge in [0.25, 0.3) is 0 Å². The van der Waals surface area contributed by atoms with Gasteiger partial charge in [0.15, 0.2) is 0 Å². The van der Waals surface area contributed by atoms with Crippen molar-refractivity contribution in [2.45, 2.75) is 58.0 Å². The van der Waals surface area contributed by atoms with Gasteiger partial charge < -0.3 is 10.1 Å². The van der Waals surface area contributed by atoms with Crippen molar-refractivity contribution in [3.05, 3.63) is 0 Å². The van der Waals surface area contributed by atoms with Gasteiger partial charge in [-0.2, -0.15) is 0 Å². The molecule has 1 fully saturated rings. The molecule has 0 aromatic carbocycles. The van der Waals surface area contributed by atoms with E-state index < -0.39 is 0 Å². The van der Waals surface area contributed by atoms with E-state index in [-0.39, 0.29) is 0 Å². The highest BCUT2D eigenvalue weighted by Gasteiger charge is 2.20. The molecule has 1 aliphatic heterocycles. The number of hydrogen-bond acceptors (Lipinski definition) is 2. The van der Waals surface area contributed by atoms with Crippen LogP contribution in [0, 0.1) is 0 Å². The van der Waals surface area contributed by atoms with Gasteiger partial charge >= 0.3 is 0 Å². The molecule has 84 valence electrons. The normalized spacial score (nSPS) is 19.9. The van der Waals surface area contributed by atoms with Crippen LogP contribution in [0.2, 0.25) is 0 Å². The van der Waals surface area contributed by atoms with Gasteiger partial charge in [0, 0.05) is 6.54 Å². The molecule has 1 heterocycles. The molecule has 0 bridgehead atoms. The molecule has 2 nitrogen and oxygen atoms in total. The monoisotopic (exact) mass is 199 g/mol. The van der Waals surface area contributed by atoms with Crippen molar-refractivity contribution in [2.75, 3.05) is 19.7 Å². The lowest BCUT2D eigenvalue weighted by atomic mass is 10.1. The topological polar surface area (TPSA) is 24.6 Å². The number of hydrogen-bond donors (Lipinski definition) is 1. The Labute approximate surface area is 88.4 Å². The Morgan fingerprint density at radius 2 is 1.71 bits per heavy atom. The van der Waals surface area contributed by atoms with E-state index in [1.165, 1.54) is 51.5 Å². The number of nitrogens with one attached hydrogen (secondary N) is 1. The molecule has 1 rings (SSSR count). The first kappa shape index (κ1) is 12.0. The second-order valence-electron chi connectivity index (χ2n) is 4.28. The van der Waals surface area contributed by atoms with Crippen molar-refractivity contribution >= 4 is 0 Å². The fourth-order valence-electron chi connectivity index (χ4n) is 1.66. The lowest BCUT2D eigenvalue weighted by Gasteiger charge is -2.02. The van der Waals surface area contributed by atoms with Gasteiger partial charge in [-0.3, -0.25) is 0 Å². The molecule has 0 aromatic heterocycles. The fourth-order valence-corrected chi connectivity index (χ4v) is 1.66. The van der Waals surface area contributed by atoms with Crippen LogP contribution in [0.25, 0.3) is 0 Å². The largest absolute Gasteiger partial charge is 0.372 e. The third-order valence-corrected chi connectivity index (χ3v) is 2.73. The van der Waals surface area contributed by atoms with Crippen LogP contribution in [0.5, 0.6) is 0 Å². The minimum absolute atomic E-state index is 0.541. The van der Waals surface area contributed by atoms with E-state index >= 15 is 0 Å². The van der Waals surface area contributed by atoms with Gasteiger partial charge in [-0.25, -0.2) is 0 Å². The van der Waals surface area contributed by atoms with Crippen LogP contribution in [0.3, 0.4) is 0 Å². The van der Waals surface area contributed by atoms with Crippen LogP contribution in [0.15, 0.2) is 0 Å². The van der Waals surface area contributed by atoms with Crippen LogP contribution in [-0.4, -0.2) is 25.8 Å². The third kappa shape index (κ3) is 7.34. The summed E-state index contributed by atoms with van der Waals surface area (Å²) in [4.78, 5) is 0. The molecular formula is C12H25NO. The van der Waals surface area contributed by atoms with Crippen LogP contribution >= 0.6 is 0 Å². The van der Waals surface area contributed by atoms with E-state index in [9.17, 15) is 0 Å². The molecule has 2 heteroatoms. The highest BCUT2D eigenvalue weighted by Crippen LogP contribution is 2.07. The maximum Gasteiger partial charge on any atom is 0.0933 e. The van der Waals surface area contributed by atoms with E-state index in [2.05, 4.69) is 12.2 Å². The Kier molecular flexibility index (Phi) is 7.06. The van der Waals surface area contributed by atoms with E-state index in [1.807, 2.05) is 0 Å². The molecule has 1 N–H and O–H groups in total. The lowest BCUT2D eigenvalue weighted by molar-refractivity contribution is 0.395. The Morgan fingerprint density at radius 3 is 2.36 bits per heavy atom. The summed E-state index contributed by atoms with van der Waals surface area (Å²) in [5, 5.41) is 3.42. The maximum atomic E-state index is 5.12. The number of unbranched alkanes of at least 4 members (excludes halogenated alkanes) is 6. The fraction of sp³-hybridized carbons (Fsp3) is 1.00. The Bertz CT molecular complexity index is 123. The smallest absolute Gasteiger partial charge is 0.0933 e. The number of rotatable bonds is 10. The average Bonchev–Trinajstić information content (AvgIpc) is 2.99. The molecule has 1 aliphatic rings. The molecular weight excluding hydrogens is 174 g/mol. The number of epoxide rings is 1. The molecule has 1 unspecified atom stereocenters. The zero-order valence-electron chi connectivity index (χ0n) is 9.56. The van der Waals surface area contributed by atoms with Gasteiger partial charge in [-0.1, -0.05) is 45.4 Å². The zero-order chi connectivity index (χ0) is 10.1. The Balaban J connectivity index is 1.63. The molecule has 14 heavy (non-hydrogen) atoms. The van der Waals surface area contributed by atoms with Gasteiger partial charge in [-0.05, 0) is 13.0 Å². The minimum Gasteiger partial charge on any atom is -0.372 e. The predicted molar refractivity (Wildman–Crippen MR) is 60.6 cm³/mol. The van der Waals surface area contributed by atoms with E-state index in [0.29, 0.717) is 6.10 Å². The molecule has 0 amide bonds. The summed E-state index contributed by atoms with van der Waals surface area (Å²) in [6.45, 7) is 5.48. The van der Waals surface area contributed by atoms with Crippen LogP contribution in [0.4, 0.5) is 0 Å². The SMILES string of the molecule is CCCCCCCCCNCC1CO1. The van der Waals surface area contributed by atoms with Gasteiger partial charge in [0.1, 0.15) is 0 Å². The van der Waals surface area contributed by atoms with Crippen molar-refractivity contribution in [3.8, 4) is 0 Å². The van der Waals surface area contributed by atoms with Gasteiger partial charge in [0.2, 0.25) is 0 Å². The van der Waals surface area contributed by atoms with Crippen LogP contribution in [0.1, 0.15) is 51.9 Å². The molecule has 0 aromatic rings. The van der Waals surface area contributed by atoms with Crippen molar-refractivity contribution in [1.29, 1.82) is 0 Å². The van der Waals surface area contributed by atoms with Crippen molar-refractivity contribution < 1.29 is 4.74 Å². The Hall–Kier alpha value is -0.0800. The molecule has 0 radical (unpaired) electrons. The van der Waals surface area contributed by atoms with E-state index in [1.54, 1.807) is 0 Å². The summed E-state index contributed by atoms with van der Waals surface area (Å²) >= 11 is 0. The maximum absolute atomic E-state index is 5.12. The van der Waals surface area contributed by atoms with Crippen LogP contribution in [-0.2, 0) is 4.74 Å². The first-order valence-electron chi connectivity index (χ1n) is 6.26. The van der Waals surface area contributed by atoms with Crippen LogP contribution < -0.4 is 5.32 Å². The Morgan fingerprint density at radius 1 is 1.07 bits per heavy atom. The van der Waals surface area contributed by atoms with E-state index in [4.69, 9.17) is 4.74 Å². The molecule has 0 saturated carbocycles. The lowest BCUT2D eigenvalue weighted by Crippen LogP contribution is -2.20. The zero-order valence-corrected chi connectivity index (χ0v) is 9.56. The first-order valence-corrected chi connectivity index (χ1v) is 6.26. The minimum atomic E-state index is 0.541. The van der Waals surface area contributed by atoms with Gasteiger partial charge in [0.05, 0.1) is 12.7 Å². The molecule has 0 aliphatic carbocycles. The summed E-state index contributed by atoms with van der Waals surface area (Å²) in [6.07, 6.45) is 10.3. The highest BCUT2D eigenvalue weighted by molar-refractivity contribution is 4.71. The summed E-state index contributed by atoms with van der Waals surface area (Å²) in [5.74, 6) is 0.